The van der Waals surface area contributed by atoms with Crippen LogP contribution in [-0.2, 0) is 7.05 Å². The largest absolute Gasteiger partial charge is 0.311 e. The molecule has 0 unspecified atom stereocenters. The molecule has 1 heterocycles. The maximum atomic E-state index is 12.3. The van der Waals surface area contributed by atoms with Gasteiger partial charge in [0.05, 0.1) is 5.52 Å². The first kappa shape index (κ1) is 11.3. The van der Waals surface area contributed by atoms with Gasteiger partial charge in [-0.25, -0.2) is 0 Å². The first-order valence-electron chi connectivity index (χ1n) is 5.79. The summed E-state index contributed by atoms with van der Waals surface area (Å²) in [6.45, 7) is 0. The third-order valence-electron chi connectivity index (χ3n) is 3.25. The summed E-state index contributed by atoms with van der Waals surface area (Å²) in [5, 5.41) is 5.99. The van der Waals surface area contributed by atoms with E-state index in [9.17, 15) is 4.79 Å². The van der Waals surface area contributed by atoms with Gasteiger partial charge in [-0.1, -0.05) is 29.4 Å². The minimum absolute atomic E-state index is 0.0545. The van der Waals surface area contributed by atoms with Gasteiger partial charge < -0.3 is 4.57 Å². The summed E-state index contributed by atoms with van der Waals surface area (Å²) < 4.78 is 1.63. The fourth-order valence-electron chi connectivity index (χ4n) is 2.34. The Balaban J connectivity index is 2.60. The van der Waals surface area contributed by atoms with E-state index in [-0.39, 0.29) is 5.56 Å². The van der Waals surface area contributed by atoms with Crippen LogP contribution in [0, 0.1) is 0 Å². The first-order valence-corrected chi connectivity index (χ1v) is 5.79. The number of nitrogens with zero attached hydrogens (tertiary/aromatic N) is 4. The van der Waals surface area contributed by atoms with E-state index in [1.54, 1.807) is 29.8 Å². The number of benzene rings is 2. The van der Waals surface area contributed by atoms with Gasteiger partial charge in [-0.3, -0.25) is 4.79 Å². The molecule has 19 heavy (non-hydrogen) atoms. The standard InChI is InChI=1S/C14H10N4O/c1-18-13-5-3-2-4-10(13)12-8-9(16-17-15)6-7-11(12)14(18)19/h2-8H,1H3. The summed E-state index contributed by atoms with van der Waals surface area (Å²) in [4.78, 5) is 15.0. The Hall–Kier alpha value is -2.78. The maximum absolute atomic E-state index is 12.3. The normalized spacial score (nSPS) is 10.6. The highest BCUT2D eigenvalue weighted by Crippen LogP contribution is 2.26. The van der Waals surface area contributed by atoms with Crippen molar-refractivity contribution in [2.75, 3.05) is 0 Å². The second-order valence-corrected chi connectivity index (χ2v) is 4.30. The molecule has 0 spiro atoms. The zero-order valence-electron chi connectivity index (χ0n) is 10.2. The molecular formula is C14H10N4O. The summed E-state index contributed by atoms with van der Waals surface area (Å²) in [5.74, 6) is 0. The number of fused-ring (bicyclic) bond motifs is 3. The van der Waals surface area contributed by atoms with Gasteiger partial charge in [0.15, 0.2) is 0 Å². The molecular weight excluding hydrogens is 240 g/mol. The predicted molar refractivity (Wildman–Crippen MR) is 75.5 cm³/mol. The minimum atomic E-state index is -0.0545. The maximum Gasteiger partial charge on any atom is 0.258 e. The third-order valence-corrected chi connectivity index (χ3v) is 3.25. The number of rotatable bonds is 1. The van der Waals surface area contributed by atoms with Gasteiger partial charge in [0, 0.05) is 28.4 Å². The molecule has 3 aromatic rings. The van der Waals surface area contributed by atoms with E-state index in [0.717, 1.165) is 16.3 Å². The Morgan fingerprint density at radius 1 is 1.11 bits per heavy atom. The van der Waals surface area contributed by atoms with Gasteiger partial charge in [0.2, 0.25) is 0 Å². The van der Waals surface area contributed by atoms with E-state index in [1.807, 2.05) is 24.3 Å². The third kappa shape index (κ3) is 1.64. The number of aryl methyl sites for hydroxylation is 1. The van der Waals surface area contributed by atoms with Gasteiger partial charge in [-0.15, -0.1) is 0 Å². The SMILES string of the molecule is Cn1c(=O)c2ccc(N=[N+]=[N-])cc2c2ccccc21. The molecule has 0 saturated heterocycles. The quantitative estimate of drug-likeness (QED) is 0.281. The van der Waals surface area contributed by atoms with Gasteiger partial charge in [0.1, 0.15) is 0 Å². The van der Waals surface area contributed by atoms with E-state index in [1.165, 1.54) is 0 Å². The van der Waals surface area contributed by atoms with Gasteiger partial charge >= 0.3 is 0 Å². The van der Waals surface area contributed by atoms with Crippen LogP contribution < -0.4 is 5.56 Å². The summed E-state index contributed by atoms with van der Waals surface area (Å²) in [5.41, 5.74) is 9.81. The van der Waals surface area contributed by atoms with Crippen LogP contribution in [0.4, 0.5) is 5.69 Å². The van der Waals surface area contributed by atoms with Crippen LogP contribution >= 0.6 is 0 Å². The van der Waals surface area contributed by atoms with Crippen LogP contribution in [0.1, 0.15) is 0 Å². The van der Waals surface area contributed by atoms with Crippen molar-refractivity contribution in [3.05, 3.63) is 63.3 Å². The number of hydrogen-bond donors (Lipinski definition) is 0. The van der Waals surface area contributed by atoms with Crippen LogP contribution in [0.25, 0.3) is 32.1 Å². The lowest BCUT2D eigenvalue weighted by Gasteiger charge is -2.09. The fourth-order valence-corrected chi connectivity index (χ4v) is 2.34. The Labute approximate surface area is 108 Å². The molecule has 0 radical (unpaired) electrons. The molecule has 0 amide bonds. The summed E-state index contributed by atoms with van der Waals surface area (Å²) in [6, 6.07) is 12.8. The van der Waals surface area contributed by atoms with E-state index >= 15 is 0 Å². The van der Waals surface area contributed by atoms with Crippen LogP contribution in [0.3, 0.4) is 0 Å². The molecule has 0 aliphatic carbocycles. The lowest BCUT2D eigenvalue weighted by atomic mass is 10.1. The summed E-state index contributed by atoms with van der Waals surface area (Å²) >= 11 is 0. The Morgan fingerprint density at radius 2 is 1.89 bits per heavy atom. The monoisotopic (exact) mass is 250 g/mol. The molecule has 0 aliphatic heterocycles. The number of pyridine rings is 1. The lowest BCUT2D eigenvalue weighted by molar-refractivity contribution is 0.918. The predicted octanol–water partition coefficient (Wildman–Crippen LogP) is 3.63. The van der Waals surface area contributed by atoms with Gasteiger partial charge in [-0.05, 0) is 29.1 Å². The average molecular weight is 250 g/mol. The molecule has 92 valence electrons. The van der Waals surface area contributed by atoms with Crippen molar-refractivity contribution < 1.29 is 0 Å². The highest BCUT2D eigenvalue weighted by atomic mass is 16.1. The molecule has 5 heteroatoms. The van der Waals surface area contributed by atoms with Crippen molar-refractivity contribution in [2.45, 2.75) is 0 Å². The smallest absolute Gasteiger partial charge is 0.258 e. The van der Waals surface area contributed by atoms with Crippen LogP contribution in [0.2, 0.25) is 0 Å². The second-order valence-electron chi connectivity index (χ2n) is 4.30. The molecule has 0 saturated carbocycles. The van der Waals surface area contributed by atoms with Crippen molar-refractivity contribution in [3.8, 4) is 0 Å². The van der Waals surface area contributed by atoms with Gasteiger partial charge in [0.25, 0.3) is 5.56 Å². The van der Waals surface area contributed by atoms with Crippen LogP contribution in [0.15, 0.2) is 52.4 Å². The zero-order chi connectivity index (χ0) is 13.4. The number of aromatic nitrogens is 1. The number of para-hydroxylation sites is 1. The Morgan fingerprint density at radius 3 is 2.68 bits per heavy atom. The molecule has 0 bridgehead atoms. The highest BCUT2D eigenvalue weighted by molar-refractivity contribution is 6.06. The fraction of sp³-hybridized carbons (Fsp3) is 0.0714. The molecule has 2 aromatic carbocycles. The second kappa shape index (κ2) is 4.15. The van der Waals surface area contributed by atoms with Crippen molar-refractivity contribution in [1.82, 2.24) is 4.57 Å². The average Bonchev–Trinajstić information content (AvgIpc) is 2.45. The Bertz CT molecular complexity index is 904. The molecule has 0 N–H and O–H groups in total. The number of hydrogen-bond acceptors (Lipinski definition) is 2. The summed E-state index contributed by atoms with van der Waals surface area (Å²) in [7, 11) is 1.76. The van der Waals surface area contributed by atoms with Crippen molar-refractivity contribution in [1.29, 1.82) is 0 Å². The molecule has 0 fully saturated rings. The zero-order valence-corrected chi connectivity index (χ0v) is 10.2. The molecule has 5 nitrogen and oxygen atoms in total. The topological polar surface area (TPSA) is 70.8 Å². The first-order chi connectivity index (χ1) is 9.22. The Kier molecular flexibility index (Phi) is 2.47. The van der Waals surface area contributed by atoms with E-state index < -0.39 is 0 Å². The van der Waals surface area contributed by atoms with E-state index in [4.69, 9.17) is 5.53 Å². The summed E-state index contributed by atoms with van der Waals surface area (Å²) in [6.07, 6.45) is 0. The van der Waals surface area contributed by atoms with Crippen molar-refractivity contribution in [3.63, 3.8) is 0 Å². The van der Waals surface area contributed by atoms with E-state index in [2.05, 4.69) is 10.0 Å². The van der Waals surface area contributed by atoms with Crippen molar-refractivity contribution in [2.24, 2.45) is 12.2 Å². The minimum Gasteiger partial charge on any atom is -0.311 e. The highest BCUT2D eigenvalue weighted by Gasteiger charge is 2.08. The molecule has 0 atom stereocenters. The van der Waals surface area contributed by atoms with Gasteiger partial charge in [-0.2, -0.15) is 0 Å². The van der Waals surface area contributed by atoms with Crippen LogP contribution in [-0.4, -0.2) is 4.57 Å². The molecule has 1 aromatic heterocycles. The van der Waals surface area contributed by atoms with E-state index in [0.29, 0.717) is 11.1 Å². The number of azide groups is 1. The molecule has 0 aliphatic rings. The lowest BCUT2D eigenvalue weighted by Crippen LogP contribution is -2.17. The van der Waals surface area contributed by atoms with Crippen LogP contribution in [0.5, 0.6) is 0 Å². The van der Waals surface area contributed by atoms with Crippen molar-refractivity contribution >= 4 is 27.4 Å². The molecule has 3 rings (SSSR count).